The van der Waals surface area contributed by atoms with Gasteiger partial charge in [0.2, 0.25) is 0 Å². The molecule has 106 valence electrons. The first-order chi connectivity index (χ1) is 9.44. The molecule has 0 saturated carbocycles. The number of anilines is 1. The zero-order valence-electron chi connectivity index (χ0n) is 10.7. The van der Waals surface area contributed by atoms with Gasteiger partial charge in [0, 0.05) is 11.8 Å². The number of halogens is 1. The number of aliphatic hydroxyl groups excluding tert-OH is 1. The van der Waals surface area contributed by atoms with Gasteiger partial charge in [-0.15, -0.1) is 0 Å². The van der Waals surface area contributed by atoms with Crippen LogP contribution in [0.15, 0.2) is 41.6 Å². The van der Waals surface area contributed by atoms with Crippen molar-refractivity contribution in [2.75, 3.05) is 4.72 Å². The van der Waals surface area contributed by atoms with Gasteiger partial charge < -0.3 is 5.11 Å². The van der Waals surface area contributed by atoms with Crippen LogP contribution >= 0.6 is 0 Å². The van der Waals surface area contributed by atoms with Gasteiger partial charge in [0.15, 0.2) is 0 Å². The average Bonchev–Trinajstić information content (AvgIpc) is 2.42. The second kappa shape index (κ2) is 5.56. The summed E-state index contributed by atoms with van der Waals surface area (Å²) >= 11 is 0. The Labute approximate surface area is 116 Å². The molecule has 0 saturated heterocycles. The van der Waals surface area contributed by atoms with Crippen molar-refractivity contribution in [1.29, 1.82) is 0 Å². The maximum Gasteiger partial charge on any atom is 0.262 e. The molecule has 1 aromatic heterocycles. The lowest BCUT2D eigenvalue weighted by atomic mass is 10.1. The van der Waals surface area contributed by atoms with Crippen LogP contribution in [-0.4, -0.2) is 18.5 Å². The van der Waals surface area contributed by atoms with Crippen molar-refractivity contribution < 1.29 is 17.9 Å². The van der Waals surface area contributed by atoms with Gasteiger partial charge in [0.1, 0.15) is 5.82 Å². The molecule has 0 aliphatic carbocycles. The van der Waals surface area contributed by atoms with E-state index in [0.29, 0.717) is 0 Å². The third kappa shape index (κ3) is 2.94. The molecule has 0 radical (unpaired) electrons. The molecule has 0 aliphatic heterocycles. The summed E-state index contributed by atoms with van der Waals surface area (Å²) in [7, 11) is -3.94. The maximum atomic E-state index is 13.7. The minimum Gasteiger partial charge on any atom is -0.392 e. The van der Waals surface area contributed by atoms with Crippen LogP contribution in [-0.2, 0) is 16.6 Å². The standard InChI is InChI=1S/C13H13FN2O3S/c1-9-12(14)5-10(8-17)6-13(9)20(18,19)16-11-3-2-4-15-7-11/h2-7,16-17H,8H2,1H3. The number of benzene rings is 1. The molecule has 2 aromatic rings. The first-order valence-electron chi connectivity index (χ1n) is 5.77. The summed E-state index contributed by atoms with van der Waals surface area (Å²) in [5.41, 5.74) is 0.472. The maximum absolute atomic E-state index is 13.7. The quantitative estimate of drug-likeness (QED) is 0.902. The van der Waals surface area contributed by atoms with E-state index < -0.39 is 22.4 Å². The van der Waals surface area contributed by atoms with Gasteiger partial charge in [-0.25, -0.2) is 12.8 Å². The number of nitrogens with one attached hydrogen (secondary N) is 1. The fourth-order valence-electron chi connectivity index (χ4n) is 1.71. The van der Waals surface area contributed by atoms with E-state index in [1.165, 1.54) is 31.5 Å². The third-order valence-corrected chi connectivity index (χ3v) is 4.25. The summed E-state index contributed by atoms with van der Waals surface area (Å²) in [5.74, 6) is -0.678. The van der Waals surface area contributed by atoms with Crippen molar-refractivity contribution in [2.45, 2.75) is 18.4 Å². The van der Waals surface area contributed by atoms with Crippen LogP contribution in [0.3, 0.4) is 0 Å². The predicted octanol–water partition coefficient (Wildman–Crippen LogP) is 1.82. The van der Waals surface area contributed by atoms with Crippen LogP contribution in [0.1, 0.15) is 11.1 Å². The van der Waals surface area contributed by atoms with E-state index in [2.05, 4.69) is 9.71 Å². The molecule has 0 spiro atoms. The molecule has 20 heavy (non-hydrogen) atoms. The number of rotatable bonds is 4. The second-order valence-corrected chi connectivity index (χ2v) is 5.86. The molecule has 0 amide bonds. The van der Waals surface area contributed by atoms with Crippen LogP contribution in [0, 0.1) is 12.7 Å². The Morgan fingerprint density at radius 2 is 2.15 bits per heavy atom. The van der Waals surface area contributed by atoms with E-state index in [1.807, 2.05) is 0 Å². The highest BCUT2D eigenvalue weighted by atomic mass is 32.2. The largest absolute Gasteiger partial charge is 0.392 e. The fraction of sp³-hybridized carbons (Fsp3) is 0.154. The first-order valence-corrected chi connectivity index (χ1v) is 7.25. The van der Waals surface area contributed by atoms with Crippen molar-refractivity contribution >= 4 is 15.7 Å². The zero-order valence-corrected chi connectivity index (χ0v) is 11.5. The smallest absolute Gasteiger partial charge is 0.262 e. The summed E-state index contributed by atoms with van der Waals surface area (Å²) in [6, 6.07) is 5.47. The van der Waals surface area contributed by atoms with Gasteiger partial charge in [-0.3, -0.25) is 9.71 Å². The molecule has 0 atom stereocenters. The fourth-order valence-corrected chi connectivity index (χ4v) is 3.06. The number of nitrogens with zero attached hydrogens (tertiary/aromatic N) is 1. The molecule has 2 N–H and O–H groups in total. The lowest BCUT2D eigenvalue weighted by molar-refractivity contribution is 0.281. The van der Waals surface area contributed by atoms with E-state index in [0.717, 1.165) is 6.07 Å². The van der Waals surface area contributed by atoms with Gasteiger partial charge in [-0.05, 0) is 36.8 Å². The second-order valence-electron chi connectivity index (χ2n) is 4.21. The van der Waals surface area contributed by atoms with Crippen LogP contribution in [0.2, 0.25) is 0 Å². The minimum absolute atomic E-state index is 0.00131. The number of hydrogen-bond acceptors (Lipinski definition) is 4. The molecule has 0 aliphatic rings. The topological polar surface area (TPSA) is 79.3 Å². The van der Waals surface area contributed by atoms with Crippen molar-refractivity contribution in [1.82, 2.24) is 4.98 Å². The van der Waals surface area contributed by atoms with Crippen LogP contribution in [0.5, 0.6) is 0 Å². The van der Waals surface area contributed by atoms with Crippen LogP contribution in [0.4, 0.5) is 10.1 Å². The molecule has 1 heterocycles. The third-order valence-electron chi connectivity index (χ3n) is 2.74. The van der Waals surface area contributed by atoms with E-state index in [4.69, 9.17) is 5.11 Å². The Balaban J connectivity index is 2.47. The van der Waals surface area contributed by atoms with Gasteiger partial charge in [0.05, 0.1) is 23.4 Å². The zero-order chi connectivity index (χ0) is 14.8. The van der Waals surface area contributed by atoms with Crippen LogP contribution < -0.4 is 4.72 Å². The average molecular weight is 296 g/mol. The number of pyridine rings is 1. The van der Waals surface area contributed by atoms with Crippen molar-refractivity contribution in [3.05, 3.63) is 53.6 Å². The van der Waals surface area contributed by atoms with Crippen LogP contribution in [0.25, 0.3) is 0 Å². The number of aromatic nitrogens is 1. The van der Waals surface area contributed by atoms with Gasteiger partial charge in [-0.1, -0.05) is 0 Å². The Kier molecular flexibility index (Phi) is 4.01. The Bertz CT molecular complexity index is 718. The molecule has 0 unspecified atom stereocenters. The highest BCUT2D eigenvalue weighted by molar-refractivity contribution is 7.92. The summed E-state index contributed by atoms with van der Waals surface area (Å²) in [6.45, 7) is 0.931. The molecule has 0 fully saturated rings. The summed E-state index contributed by atoms with van der Waals surface area (Å²) in [6.07, 6.45) is 2.86. The minimum atomic E-state index is -3.94. The lowest BCUT2D eigenvalue weighted by Gasteiger charge is -2.12. The summed E-state index contributed by atoms with van der Waals surface area (Å²) < 4.78 is 40.5. The van der Waals surface area contributed by atoms with Gasteiger partial charge in [-0.2, -0.15) is 0 Å². The van der Waals surface area contributed by atoms with E-state index in [1.54, 1.807) is 6.07 Å². The van der Waals surface area contributed by atoms with Crippen molar-refractivity contribution in [3.63, 3.8) is 0 Å². The molecule has 1 aromatic carbocycles. The van der Waals surface area contributed by atoms with Crippen molar-refractivity contribution in [2.24, 2.45) is 0 Å². The molecule has 0 bridgehead atoms. The predicted molar refractivity (Wildman–Crippen MR) is 72.1 cm³/mol. The molecule has 7 heteroatoms. The lowest BCUT2D eigenvalue weighted by Crippen LogP contribution is -2.15. The number of sulfonamides is 1. The number of hydrogen-bond donors (Lipinski definition) is 2. The highest BCUT2D eigenvalue weighted by Gasteiger charge is 2.20. The Morgan fingerprint density at radius 3 is 2.75 bits per heavy atom. The van der Waals surface area contributed by atoms with Gasteiger partial charge in [0.25, 0.3) is 10.0 Å². The van der Waals surface area contributed by atoms with E-state index in [-0.39, 0.29) is 21.7 Å². The van der Waals surface area contributed by atoms with E-state index in [9.17, 15) is 12.8 Å². The molecular weight excluding hydrogens is 283 g/mol. The Morgan fingerprint density at radius 1 is 1.40 bits per heavy atom. The highest BCUT2D eigenvalue weighted by Crippen LogP contribution is 2.23. The summed E-state index contributed by atoms with van der Waals surface area (Å²) in [4.78, 5) is 3.59. The molecule has 2 rings (SSSR count). The Hall–Kier alpha value is -1.99. The summed E-state index contributed by atoms with van der Waals surface area (Å²) in [5, 5.41) is 9.04. The molecule has 5 nitrogen and oxygen atoms in total. The number of aliphatic hydroxyl groups is 1. The normalized spacial score (nSPS) is 11.3. The van der Waals surface area contributed by atoms with Gasteiger partial charge >= 0.3 is 0 Å². The van der Waals surface area contributed by atoms with E-state index >= 15 is 0 Å². The first kappa shape index (κ1) is 14.4. The monoisotopic (exact) mass is 296 g/mol. The van der Waals surface area contributed by atoms with Crippen molar-refractivity contribution in [3.8, 4) is 0 Å². The molecular formula is C13H13FN2O3S. The SMILES string of the molecule is Cc1c(F)cc(CO)cc1S(=O)(=O)Nc1cccnc1.